The number of nitrogens with zero attached hydrogens (tertiary/aromatic N) is 1. The highest BCUT2D eigenvalue weighted by molar-refractivity contribution is 7.12. The zero-order valence-electron chi connectivity index (χ0n) is 22.7. The zero-order chi connectivity index (χ0) is 30.1. The van der Waals surface area contributed by atoms with Crippen molar-refractivity contribution in [2.24, 2.45) is 5.92 Å². The molecule has 3 saturated heterocycles. The molecule has 3 aromatic rings. The lowest BCUT2D eigenvalue weighted by Crippen LogP contribution is -2.68. The van der Waals surface area contributed by atoms with Crippen LogP contribution in [-0.4, -0.2) is 65.6 Å². The van der Waals surface area contributed by atoms with Crippen molar-refractivity contribution in [2.45, 2.75) is 43.5 Å². The van der Waals surface area contributed by atoms with Crippen LogP contribution in [0.25, 0.3) is 11.1 Å². The summed E-state index contributed by atoms with van der Waals surface area (Å²) in [6.07, 6.45) is -1.59. The van der Waals surface area contributed by atoms with E-state index in [1.807, 2.05) is 66.0 Å². The number of hydrogen-bond acceptors (Lipinski definition) is 6. The summed E-state index contributed by atoms with van der Waals surface area (Å²) in [5, 5.41) is 25.9. The van der Waals surface area contributed by atoms with E-state index >= 15 is 0 Å². The average Bonchev–Trinajstić information content (AvgIpc) is 3.60. The fourth-order valence-electron chi connectivity index (χ4n) is 6.63. The average molecular weight is 601 g/mol. The molecule has 4 heterocycles. The predicted octanol–water partition coefficient (Wildman–Crippen LogP) is 3.65. The van der Waals surface area contributed by atoms with Crippen molar-refractivity contribution in [3.8, 4) is 11.1 Å². The third-order valence-corrected chi connectivity index (χ3v) is 9.65. The Morgan fingerprint density at radius 2 is 1.55 bits per heavy atom. The highest BCUT2D eigenvalue weighted by Gasteiger charge is 2.51. The normalized spacial score (nSPS) is 23.2. The van der Waals surface area contributed by atoms with Crippen LogP contribution < -0.4 is 10.4 Å². The molecule has 0 saturated carbocycles. The number of piperidine rings is 3. The number of rotatable bonds is 7. The topological polar surface area (TPSA) is 107 Å². The lowest BCUT2D eigenvalue weighted by Gasteiger charge is -2.53. The van der Waals surface area contributed by atoms with Crippen LogP contribution >= 0.6 is 11.3 Å². The SMILES string of the molecule is O=C(CCC[N+]12CCC(CC1)[C@@H](NC(=O)C1(O)c3ccccc3-c3ccccc31)C2)c1cccs1.O=C([O-])C(F)(F)F. The van der Waals surface area contributed by atoms with Gasteiger partial charge in [-0.2, -0.15) is 13.2 Å². The van der Waals surface area contributed by atoms with E-state index in [2.05, 4.69) is 5.32 Å². The lowest BCUT2D eigenvalue weighted by molar-refractivity contribution is -0.944. The number of carboxylic acid groups (broad SMARTS) is 1. The number of quaternary nitrogens is 1. The molecule has 42 heavy (non-hydrogen) atoms. The number of Topliss-reactive ketones (excluding diaryl/α,β-unsaturated/α-hetero) is 1. The molecule has 3 aliphatic heterocycles. The van der Waals surface area contributed by atoms with E-state index < -0.39 is 17.7 Å². The van der Waals surface area contributed by atoms with Crippen LogP contribution in [0, 0.1) is 5.92 Å². The molecule has 2 aromatic carbocycles. The summed E-state index contributed by atoms with van der Waals surface area (Å²) < 4.78 is 32.5. The molecule has 0 spiro atoms. The number of aliphatic hydroxyl groups is 1. The first-order valence-corrected chi connectivity index (χ1v) is 14.8. The van der Waals surface area contributed by atoms with Gasteiger partial charge in [-0.25, -0.2) is 0 Å². The van der Waals surface area contributed by atoms with Crippen molar-refractivity contribution in [1.82, 2.24) is 5.32 Å². The van der Waals surface area contributed by atoms with Crippen LogP contribution in [0.15, 0.2) is 66.0 Å². The number of ketones is 1. The Morgan fingerprint density at radius 1 is 0.976 bits per heavy atom. The summed E-state index contributed by atoms with van der Waals surface area (Å²) >= 11 is 1.51. The number of amides is 1. The van der Waals surface area contributed by atoms with Crippen molar-refractivity contribution in [3.05, 3.63) is 82.0 Å². The number of carbonyl (C=O) groups excluding carboxylic acids is 3. The molecular formula is C31H31F3N2O5S. The standard InChI is InChI=1S/C29H30N2O3S.C2HF3O2/c32-26(27-12-6-18-35-27)11-5-15-31-16-13-20(14-17-31)25(19-31)30-28(33)29(34)23-9-3-1-7-21(23)22-8-2-4-10-24(22)29;3-2(4,5)1(6)7/h1-4,6-10,12,18,20,25,34H,5,11,13-17,19H2;(H,6,7)/t20?,25-,31?;/m0./s1. The second kappa shape index (κ2) is 11.6. The number of carbonyl (C=O) groups is 3. The smallest absolute Gasteiger partial charge is 0.430 e. The van der Waals surface area contributed by atoms with Gasteiger partial charge in [0.2, 0.25) is 0 Å². The van der Waals surface area contributed by atoms with Crippen LogP contribution in [0.2, 0.25) is 0 Å². The zero-order valence-corrected chi connectivity index (χ0v) is 23.5. The van der Waals surface area contributed by atoms with Crippen LogP contribution in [0.5, 0.6) is 0 Å². The van der Waals surface area contributed by atoms with Crippen LogP contribution in [-0.2, 0) is 15.2 Å². The molecule has 1 aliphatic carbocycles. The van der Waals surface area contributed by atoms with Gasteiger partial charge in [0.1, 0.15) is 5.97 Å². The van der Waals surface area contributed by atoms with E-state index in [-0.39, 0.29) is 17.7 Å². The Morgan fingerprint density at radius 3 is 2.07 bits per heavy atom. The second-order valence-electron chi connectivity index (χ2n) is 11.2. The van der Waals surface area contributed by atoms with Gasteiger partial charge in [0.05, 0.1) is 37.1 Å². The maximum absolute atomic E-state index is 13.8. The van der Waals surface area contributed by atoms with Crippen LogP contribution in [0.3, 0.4) is 0 Å². The first-order valence-electron chi connectivity index (χ1n) is 13.9. The van der Waals surface area contributed by atoms with Gasteiger partial charge >= 0.3 is 6.18 Å². The maximum atomic E-state index is 13.8. The summed E-state index contributed by atoms with van der Waals surface area (Å²) in [5.74, 6) is -2.65. The van der Waals surface area contributed by atoms with Gasteiger partial charge in [-0.3, -0.25) is 9.59 Å². The minimum absolute atomic E-state index is 0.0435. The fraction of sp³-hybridized carbons (Fsp3) is 0.387. The van der Waals surface area contributed by atoms with E-state index in [0.717, 1.165) is 65.9 Å². The van der Waals surface area contributed by atoms with Crippen molar-refractivity contribution >= 4 is 29.0 Å². The van der Waals surface area contributed by atoms with Gasteiger partial charge in [0.15, 0.2) is 11.4 Å². The van der Waals surface area contributed by atoms with Crippen molar-refractivity contribution in [3.63, 3.8) is 0 Å². The number of hydrogen-bond donors (Lipinski definition) is 2. The summed E-state index contributed by atoms with van der Waals surface area (Å²) in [6.45, 7) is 4.06. The van der Waals surface area contributed by atoms with Gasteiger partial charge < -0.3 is 24.8 Å². The van der Waals surface area contributed by atoms with Crippen LogP contribution in [0.1, 0.15) is 46.5 Å². The number of nitrogens with one attached hydrogen (secondary N) is 1. The number of halogens is 3. The molecule has 3 fully saturated rings. The molecule has 2 N–H and O–H groups in total. The molecule has 2 bridgehead atoms. The molecule has 0 unspecified atom stereocenters. The van der Waals surface area contributed by atoms with E-state index in [9.17, 15) is 27.9 Å². The maximum Gasteiger partial charge on any atom is 0.430 e. The van der Waals surface area contributed by atoms with E-state index in [0.29, 0.717) is 23.5 Å². The van der Waals surface area contributed by atoms with E-state index in [1.54, 1.807) is 0 Å². The van der Waals surface area contributed by atoms with Gasteiger partial charge in [-0.1, -0.05) is 54.6 Å². The number of aliphatic carboxylic acids is 1. The third kappa shape index (κ3) is 5.73. The van der Waals surface area contributed by atoms with Crippen molar-refractivity contribution in [1.29, 1.82) is 0 Å². The first-order chi connectivity index (χ1) is 19.9. The Hall–Kier alpha value is -3.54. The first kappa shape index (κ1) is 29.9. The molecule has 222 valence electrons. The summed E-state index contributed by atoms with van der Waals surface area (Å²) in [4.78, 5) is 35.9. The summed E-state index contributed by atoms with van der Waals surface area (Å²) in [5.41, 5.74) is 1.51. The highest BCUT2D eigenvalue weighted by atomic mass is 32.1. The molecule has 1 atom stereocenters. The quantitative estimate of drug-likeness (QED) is 0.318. The van der Waals surface area contributed by atoms with Crippen LogP contribution in [0.4, 0.5) is 13.2 Å². The fourth-order valence-corrected chi connectivity index (χ4v) is 7.32. The molecule has 1 amide bonds. The van der Waals surface area contributed by atoms with E-state index in [1.165, 1.54) is 11.3 Å². The number of carboxylic acids is 1. The predicted molar refractivity (Wildman–Crippen MR) is 148 cm³/mol. The molecule has 7 nitrogen and oxygen atoms in total. The lowest BCUT2D eigenvalue weighted by atomic mass is 9.80. The highest BCUT2D eigenvalue weighted by Crippen LogP contribution is 2.47. The molecule has 4 aliphatic rings. The second-order valence-corrected chi connectivity index (χ2v) is 12.2. The Balaban J connectivity index is 0.000000451. The monoisotopic (exact) mass is 600 g/mol. The molecule has 7 rings (SSSR count). The number of alkyl halides is 3. The largest absolute Gasteiger partial charge is 0.542 e. The molecule has 11 heteroatoms. The van der Waals surface area contributed by atoms with Crippen molar-refractivity contribution < 1.29 is 42.3 Å². The van der Waals surface area contributed by atoms with Crippen molar-refractivity contribution in [2.75, 3.05) is 26.2 Å². The summed E-state index contributed by atoms with van der Waals surface area (Å²) in [7, 11) is 0. The number of benzene rings is 2. The van der Waals surface area contributed by atoms with Gasteiger partial charge in [-0.15, -0.1) is 11.3 Å². The van der Waals surface area contributed by atoms with Gasteiger partial charge in [0.25, 0.3) is 5.91 Å². The third-order valence-electron chi connectivity index (χ3n) is 8.73. The number of fused-ring (bicyclic) bond motifs is 6. The molecule has 0 radical (unpaired) electrons. The number of thiophene rings is 1. The molecule has 1 aromatic heterocycles. The molecular weight excluding hydrogens is 569 g/mol. The Kier molecular flexibility index (Phi) is 8.28. The van der Waals surface area contributed by atoms with Gasteiger partial charge in [-0.05, 0) is 28.5 Å². The Labute approximate surface area is 245 Å². The Bertz CT molecular complexity index is 1420. The van der Waals surface area contributed by atoms with Gasteiger partial charge in [0, 0.05) is 36.8 Å². The minimum Gasteiger partial charge on any atom is -0.542 e. The minimum atomic E-state index is -5.19. The van der Waals surface area contributed by atoms with E-state index in [4.69, 9.17) is 9.90 Å². The summed E-state index contributed by atoms with van der Waals surface area (Å²) in [6, 6.07) is 19.2.